The summed E-state index contributed by atoms with van der Waals surface area (Å²) in [5.41, 5.74) is 0.879. The van der Waals surface area contributed by atoms with E-state index < -0.39 is 18.3 Å². The van der Waals surface area contributed by atoms with Crippen LogP contribution in [0.2, 0.25) is 0 Å². The highest BCUT2D eigenvalue weighted by atomic mass is 16.7. The molecule has 1 aliphatic rings. The molecule has 0 atom stereocenters. The standard InChI is InChI=1S/C16H24BNO4/c1-15(2)16(3,4)22-17(21-15)13-8-7-12(20-6)9-11(13)10-14(19)18-5/h7-9H,10H2,1-6H3,(H,18,19). The van der Waals surface area contributed by atoms with Gasteiger partial charge in [-0.05, 0) is 50.9 Å². The monoisotopic (exact) mass is 305 g/mol. The smallest absolute Gasteiger partial charge is 0.495 e. The average Bonchev–Trinajstić information content (AvgIpc) is 2.66. The van der Waals surface area contributed by atoms with E-state index in [0.29, 0.717) is 5.75 Å². The maximum absolute atomic E-state index is 11.8. The molecule has 0 aliphatic carbocycles. The van der Waals surface area contributed by atoms with E-state index in [2.05, 4.69) is 5.32 Å². The van der Waals surface area contributed by atoms with Gasteiger partial charge in [-0.25, -0.2) is 0 Å². The van der Waals surface area contributed by atoms with E-state index in [4.69, 9.17) is 14.0 Å². The van der Waals surface area contributed by atoms with Crippen LogP contribution >= 0.6 is 0 Å². The van der Waals surface area contributed by atoms with E-state index in [1.165, 1.54) is 0 Å². The number of amides is 1. The van der Waals surface area contributed by atoms with Gasteiger partial charge in [0.2, 0.25) is 5.91 Å². The molecule has 0 spiro atoms. The van der Waals surface area contributed by atoms with Crippen LogP contribution in [0.5, 0.6) is 5.75 Å². The van der Waals surface area contributed by atoms with Gasteiger partial charge in [-0.2, -0.15) is 0 Å². The summed E-state index contributed by atoms with van der Waals surface area (Å²) in [5.74, 6) is 0.644. The van der Waals surface area contributed by atoms with Crippen molar-refractivity contribution in [3.05, 3.63) is 23.8 Å². The predicted octanol–water partition coefficient (Wildman–Crippen LogP) is 1.28. The highest BCUT2D eigenvalue weighted by Crippen LogP contribution is 2.36. The van der Waals surface area contributed by atoms with Crippen LogP contribution in [0.3, 0.4) is 0 Å². The van der Waals surface area contributed by atoms with E-state index in [0.717, 1.165) is 11.0 Å². The highest BCUT2D eigenvalue weighted by molar-refractivity contribution is 6.62. The molecule has 120 valence electrons. The van der Waals surface area contributed by atoms with Crippen LogP contribution < -0.4 is 15.5 Å². The zero-order chi connectivity index (χ0) is 16.5. The summed E-state index contributed by atoms with van der Waals surface area (Å²) in [4.78, 5) is 11.8. The minimum Gasteiger partial charge on any atom is -0.497 e. The molecule has 0 saturated carbocycles. The number of likely N-dealkylation sites (N-methyl/N-ethyl adjacent to an activating group) is 1. The molecule has 0 bridgehead atoms. The molecule has 1 aromatic rings. The van der Waals surface area contributed by atoms with Gasteiger partial charge in [0, 0.05) is 7.05 Å². The second kappa shape index (κ2) is 5.93. The van der Waals surface area contributed by atoms with Crippen molar-refractivity contribution in [3.8, 4) is 5.75 Å². The average molecular weight is 305 g/mol. The fraction of sp³-hybridized carbons (Fsp3) is 0.562. The fourth-order valence-corrected chi connectivity index (χ4v) is 2.32. The number of nitrogens with one attached hydrogen (secondary N) is 1. The van der Waals surface area contributed by atoms with Crippen LogP contribution in [0.25, 0.3) is 0 Å². The lowest BCUT2D eigenvalue weighted by Crippen LogP contribution is -2.41. The summed E-state index contributed by atoms with van der Waals surface area (Å²) in [6.45, 7) is 8.04. The molecule has 5 nitrogen and oxygen atoms in total. The van der Waals surface area contributed by atoms with E-state index in [9.17, 15) is 4.79 Å². The highest BCUT2D eigenvalue weighted by Gasteiger charge is 2.52. The summed E-state index contributed by atoms with van der Waals surface area (Å²) in [7, 11) is 2.74. The summed E-state index contributed by atoms with van der Waals surface area (Å²) < 4.78 is 17.4. The Morgan fingerprint density at radius 1 is 1.23 bits per heavy atom. The maximum atomic E-state index is 11.8. The van der Waals surface area contributed by atoms with E-state index >= 15 is 0 Å². The van der Waals surface area contributed by atoms with Crippen LogP contribution in [-0.2, 0) is 20.5 Å². The number of ether oxygens (including phenoxy) is 1. The minimum atomic E-state index is -0.490. The Balaban J connectivity index is 2.36. The van der Waals surface area contributed by atoms with Crippen molar-refractivity contribution in [3.63, 3.8) is 0 Å². The van der Waals surface area contributed by atoms with Crippen LogP contribution in [0.15, 0.2) is 18.2 Å². The summed E-state index contributed by atoms with van der Waals surface area (Å²) in [6, 6.07) is 5.61. The molecular weight excluding hydrogens is 281 g/mol. The third kappa shape index (κ3) is 3.13. The van der Waals surface area contributed by atoms with Crippen molar-refractivity contribution in [2.75, 3.05) is 14.2 Å². The van der Waals surface area contributed by atoms with Crippen LogP contribution in [-0.4, -0.2) is 38.4 Å². The second-order valence-corrected chi connectivity index (χ2v) is 6.50. The molecule has 1 aliphatic heterocycles. The molecule has 0 unspecified atom stereocenters. The second-order valence-electron chi connectivity index (χ2n) is 6.50. The molecule has 1 fully saturated rings. The zero-order valence-electron chi connectivity index (χ0n) is 14.1. The van der Waals surface area contributed by atoms with Crippen molar-refractivity contribution >= 4 is 18.5 Å². The molecule has 1 N–H and O–H groups in total. The molecule has 1 heterocycles. The van der Waals surface area contributed by atoms with Gasteiger partial charge in [0.15, 0.2) is 0 Å². The zero-order valence-corrected chi connectivity index (χ0v) is 14.1. The van der Waals surface area contributed by atoms with Gasteiger partial charge >= 0.3 is 7.12 Å². The topological polar surface area (TPSA) is 56.8 Å². The van der Waals surface area contributed by atoms with E-state index in [1.54, 1.807) is 14.2 Å². The number of methoxy groups -OCH3 is 1. The maximum Gasteiger partial charge on any atom is 0.495 e. The first-order chi connectivity index (χ1) is 10.2. The Morgan fingerprint density at radius 2 is 1.82 bits per heavy atom. The SMILES string of the molecule is CNC(=O)Cc1cc(OC)ccc1B1OC(C)(C)C(C)(C)O1. The van der Waals surface area contributed by atoms with Gasteiger partial charge in [-0.3, -0.25) is 4.79 Å². The minimum absolute atomic E-state index is 0.0639. The van der Waals surface area contributed by atoms with Gasteiger partial charge in [0.05, 0.1) is 24.7 Å². The molecule has 0 aromatic heterocycles. The number of carbonyl (C=O) groups excluding carboxylic acids is 1. The Labute approximate surface area is 132 Å². The van der Waals surface area contributed by atoms with Crippen molar-refractivity contribution in [1.29, 1.82) is 0 Å². The molecule has 0 radical (unpaired) electrons. The van der Waals surface area contributed by atoms with Gasteiger partial charge < -0.3 is 19.4 Å². The first kappa shape index (κ1) is 16.8. The number of hydrogen-bond acceptors (Lipinski definition) is 4. The quantitative estimate of drug-likeness (QED) is 0.852. The number of benzene rings is 1. The third-order valence-electron chi connectivity index (χ3n) is 4.49. The molecule has 6 heteroatoms. The van der Waals surface area contributed by atoms with Crippen LogP contribution in [0, 0.1) is 0 Å². The summed E-state index contributed by atoms with van der Waals surface area (Å²) in [5, 5.41) is 2.64. The lowest BCUT2D eigenvalue weighted by molar-refractivity contribution is -0.119. The predicted molar refractivity (Wildman–Crippen MR) is 86.5 cm³/mol. The largest absolute Gasteiger partial charge is 0.497 e. The Morgan fingerprint density at radius 3 is 2.32 bits per heavy atom. The Kier molecular flexibility index (Phi) is 4.54. The van der Waals surface area contributed by atoms with E-state index in [1.807, 2.05) is 45.9 Å². The van der Waals surface area contributed by atoms with Gasteiger partial charge in [0.1, 0.15) is 5.75 Å². The molecule has 2 rings (SSSR count). The Bertz CT molecular complexity index is 555. The first-order valence-electron chi connectivity index (χ1n) is 7.43. The Hall–Kier alpha value is -1.53. The van der Waals surface area contributed by atoms with Gasteiger partial charge in [0.25, 0.3) is 0 Å². The molecule has 1 saturated heterocycles. The van der Waals surface area contributed by atoms with Crippen molar-refractivity contribution in [2.45, 2.75) is 45.3 Å². The lowest BCUT2D eigenvalue weighted by Gasteiger charge is -2.32. The van der Waals surface area contributed by atoms with Crippen molar-refractivity contribution in [1.82, 2.24) is 5.32 Å². The van der Waals surface area contributed by atoms with Crippen LogP contribution in [0.4, 0.5) is 0 Å². The fourth-order valence-electron chi connectivity index (χ4n) is 2.32. The van der Waals surface area contributed by atoms with E-state index in [-0.39, 0.29) is 12.3 Å². The molecular formula is C16H24BNO4. The lowest BCUT2D eigenvalue weighted by atomic mass is 9.75. The van der Waals surface area contributed by atoms with Crippen LogP contribution in [0.1, 0.15) is 33.3 Å². The van der Waals surface area contributed by atoms with Gasteiger partial charge in [-0.1, -0.05) is 6.07 Å². The molecule has 1 aromatic carbocycles. The van der Waals surface area contributed by atoms with Crippen molar-refractivity contribution in [2.24, 2.45) is 0 Å². The molecule has 1 amide bonds. The number of rotatable bonds is 4. The van der Waals surface area contributed by atoms with Gasteiger partial charge in [-0.15, -0.1) is 0 Å². The first-order valence-corrected chi connectivity index (χ1v) is 7.43. The number of hydrogen-bond donors (Lipinski definition) is 1. The summed E-state index contributed by atoms with van der Waals surface area (Å²) >= 11 is 0. The molecule has 22 heavy (non-hydrogen) atoms. The van der Waals surface area contributed by atoms with Crippen molar-refractivity contribution < 1.29 is 18.8 Å². The normalized spacial score (nSPS) is 19.1. The summed E-state index contributed by atoms with van der Waals surface area (Å²) in [6.07, 6.45) is 0.257. The third-order valence-corrected chi connectivity index (χ3v) is 4.49. The number of carbonyl (C=O) groups is 1.